The second kappa shape index (κ2) is 23.6. The minimum Gasteiger partial charge on any atom is -0.378 e. The second-order valence-corrected chi connectivity index (χ2v) is 13.4. The number of amides is 3. The lowest BCUT2D eigenvalue weighted by atomic mass is 10.1. The molecular weight excluding hydrogens is 707 g/mol. The first-order valence-corrected chi connectivity index (χ1v) is 18.6. The van der Waals surface area contributed by atoms with Crippen LogP contribution in [0.2, 0.25) is 0 Å². The fourth-order valence-electron chi connectivity index (χ4n) is 4.83. The molecule has 2 heterocycles. The number of carbonyl (C=O) groups excluding carboxylic acids is 4. The molecule has 4 aromatic rings. The van der Waals surface area contributed by atoms with E-state index < -0.39 is 24.7 Å². The Bertz CT molecular complexity index is 1710. The van der Waals surface area contributed by atoms with Crippen molar-refractivity contribution >= 4 is 49.2 Å². The topological polar surface area (TPSA) is 163 Å². The van der Waals surface area contributed by atoms with Crippen LogP contribution in [0.1, 0.15) is 54.7 Å². The number of aromatic nitrogens is 1. The zero-order valence-electron chi connectivity index (χ0n) is 31.0. The maximum absolute atomic E-state index is 13.6. The molecule has 5 rings (SSSR count). The average molecular weight is 760 g/mol. The number of halogens is 2. The van der Waals surface area contributed by atoms with E-state index in [9.17, 15) is 27.7 Å². The highest BCUT2D eigenvalue weighted by molar-refractivity contribution is 7.52. The number of likely N-dealkylation sites (tertiary alicyclic amines) is 1. The first kappa shape index (κ1) is 46.1. The van der Waals surface area contributed by atoms with E-state index in [1.807, 2.05) is 57.0 Å². The molecule has 0 atom stereocenters. The maximum Gasteiger partial charge on any atom is 0.399 e. The van der Waals surface area contributed by atoms with Gasteiger partial charge >= 0.3 is 13.3 Å². The quantitative estimate of drug-likeness (QED) is 0.112. The van der Waals surface area contributed by atoms with E-state index in [1.165, 1.54) is 30.4 Å². The van der Waals surface area contributed by atoms with Gasteiger partial charge in [0.25, 0.3) is 5.91 Å². The van der Waals surface area contributed by atoms with Gasteiger partial charge in [-0.15, -0.1) is 0 Å². The Morgan fingerprint density at radius 3 is 1.96 bits per heavy atom. The number of benzene rings is 3. The van der Waals surface area contributed by atoms with Gasteiger partial charge < -0.3 is 39.6 Å². The van der Waals surface area contributed by atoms with E-state index in [4.69, 9.17) is 14.6 Å². The molecular formula is C38H52F2N5O7P. The third-order valence-corrected chi connectivity index (χ3v) is 8.95. The van der Waals surface area contributed by atoms with Crippen molar-refractivity contribution in [3.05, 3.63) is 102 Å². The monoisotopic (exact) mass is 759 g/mol. The Morgan fingerprint density at radius 1 is 0.962 bits per heavy atom. The molecule has 1 saturated heterocycles. The number of aryl methyl sites for hydroxylation is 1. The van der Waals surface area contributed by atoms with Gasteiger partial charge in [-0.25, -0.2) is 0 Å². The summed E-state index contributed by atoms with van der Waals surface area (Å²) in [5.74, 6) is -0.243. The highest BCUT2D eigenvalue weighted by Crippen LogP contribution is 2.59. The first-order chi connectivity index (χ1) is 25.2. The molecule has 1 aromatic heterocycles. The van der Waals surface area contributed by atoms with Crippen molar-refractivity contribution in [1.82, 2.24) is 20.1 Å². The summed E-state index contributed by atoms with van der Waals surface area (Å²) in [6.45, 7) is 9.09. The molecule has 1 fully saturated rings. The van der Waals surface area contributed by atoms with Gasteiger partial charge in [0.05, 0.1) is 0 Å². The second-order valence-electron chi connectivity index (χ2n) is 11.8. The van der Waals surface area contributed by atoms with Crippen molar-refractivity contribution in [2.45, 2.75) is 45.2 Å². The largest absolute Gasteiger partial charge is 0.399 e. The molecule has 53 heavy (non-hydrogen) atoms. The molecule has 1 aliphatic rings. The molecule has 15 heteroatoms. The summed E-state index contributed by atoms with van der Waals surface area (Å²) in [4.78, 5) is 67.1. The number of anilines is 1. The van der Waals surface area contributed by atoms with Crippen LogP contribution in [0.5, 0.6) is 0 Å². The van der Waals surface area contributed by atoms with E-state index in [0.717, 1.165) is 50.9 Å². The van der Waals surface area contributed by atoms with Gasteiger partial charge in [-0.3, -0.25) is 18.9 Å². The van der Waals surface area contributed by atoms with Crippen molar-refractivity contribution in [1.29, 1.82) is 0 Å². The summed E-state index contributed by atoms with van der Waals surface area (Å²) in [5, 5.41) is 2.63. The molecule has 290 valence electrons. The molecule has 0 bridgehead atoms. The Labute approximate surface area is 310 Å². The third-order valence-electron chi connectivity index (χ3n) is 7.96. The van der Waals surface area contributed by atoms with E-state index in [2.05, 4.69) is 58.5 Å². The Hall–Kier alpha value is -4.91. The highest BCUT2D eigenvalue weighted by Gasteiger charge is 2.50. The lowest BCUT2D eigenvalue weighted by Gasteiger charge is -2.18. The number of rotatable bonds is 10. The van der Waals surface area contributed by atoms with Gasteiger partial charge in [0.2, 0.25) is 12.3 Å². The first-order valence-electron chi connectivity index (χ1n) is 17.0. The number of hydrogen-bond acceptors (Lipinski definition) is 6. The molecule has 4 N–H and O–H groups in total. The minimum absolute atomic E-state index is 0.166. The minimum atomic E-state index is -5.61. The van der Waals surface area contributed by atoms with E-state index >= 15 is 0 Å². The zero-order valence-corrected chi connectivity index (χ0v) is 31.9. The van der Waals surface area contributed by atoms with Crippen LogP contribution in [-0.2, 0) is 31.0 Å². The average Bonchev–Trinajstić information content (AvgIpc) is 3.88. The van der Waals surface area contributed by atoms with Gasteiger partial charge in [-0.2, -0.15) is 8.78 Å². The van der Waals surface area contributed by atoms with Crippen molar-refractivity contribution in [2.75, 3.05) is 52.2 Å². The molecule has 12 nitrogen and oxygen atoms in total. The fraction of sp³-hybridized carbons (Fsp3) is 0.368. The molecule has 0 saturated carbocycles. The van der Waals surface area contributed by atoms with Gasteiger partial charge in [0.1, 0.15) is 12.5 Å². The smallest absolute Gasteiger partial charge is 0.378 e. The fourth-order valence-corrected chi connectivity index (χ4v) is 5.31. The summed E-state index contributed by atoms with van der Waals surface area (Å²) in [6.07, 6.45) is 4.65. The lowest BCUT2D eigenvalue weighted by molar-refractivity contribution is -0.130. The molecule has 3 aromatic carbocycles. The molecule has 0 unspecified atom stereocenters. The van der Waals surface area contributed by atoms with Gasteiger partial charge in [-0.05, 0) is 62.1 Å². The van der Waals surface area contributed by atoms with E-state index in [1.54, 1.807) is 4.90 Å². The van der Waals surface area contributed by atoms with Crippen LogP contribution in [0, 0.1) is 0 Å². The number of alkyl halides is 2. The number of nitrogens with zero attached hydrogens (tertiary/aromatic N) is 3. The zero-order chi connectivity index (χ0) is 40.0. The number of H-pyrrole nitrogens is 1. The van der Waals surface area contributed by atoms with Crippen molar-refractivity contribution in [2.24, 2.45) is 0 Å². The number of fused-ring (bicyclic) bond motifs is 1. The summed E-state index contributed by atoms with van der Waals surface area (Å²) < 4.78 is 38.0. The van der Waals surface area contributed by atoms with Crippen LogP contribution in [0.3, 0.4) is 0 Å². The van der Waals surface area contributed by atoms with E-state index in [-0.39, 0.29) is 17.0 Å². The van der Waals surface area contributed by atoms with Gasteiger partial charge in [0, 0.05) is 75.9 Å². The number of para-hydroxylation sites is 1. The van der Waals surface area contributed by atoms with Crippen LogP contribution < -0.4 is 10.2 Å². The predicted octanol–water partition coefficient (Wildman–Crippen LogP) is 6.05. The van der Waals surface area contributed by atoms with Crippen LogP contribution in [0.4, 0.5) is 14.5 Å². The molecule has 0 radical (unpaired) electrons. The summed E-state index contributed by atoms with van der Waals surface area (Å²) in [6, 6.07) is 25.1. The van der Waals surface area contributed by atoms with Crippen molar-refractivity contribution in [3.63, 3.8) is 0 Å². The third kappa shape index (κ3) is 15.3. The molecule has 0 spiro atoms. The normalized spacial score (nSPS) is 11.9. The van der Waals surface area contributed by atoms with Crippen LogP contribution in [-0.4, -0.2) is 96.9 Å². The Balaban J connectivity index is 0.000000370. The van der Waals surface area contributed by atoms with Gasteiger partial charge in [0.15, 0.2) is 0 Å². The predicted molar refractivity (Wildman–Crippen MR) is 205 cm³/mol. The number of nitrogens with one attached hydrogen (secondary N) is 2. The Morgan fingerprint density at radius 2 is 1.53 bits per heavy atom. The molecule has 3 amide bonds. The summed E-state index contributed by atoms with van der Waals surface area (Å²) in [7, 11) is -0.117. The van der Waals surface area contributed by atoms with Crippen LogP contribution >= 0.6 is 7.60 Å². The molecule has 0 aliphatic carbocycles. The Kier molecular flexibility index (Phi) is 20.5. The van der Waals surface area contributed by atoms with Crippen molar-refractivity contribution in [3.8, 4) is 0 Å². The SMILES string of the molecule is C=O.CCN(C=O)CCC(=O)N1CCCC1.CCc1ccccc1.CN(C)c1ccccc1.CNC(=O)c1cc2cc(C(F)(F)P(=O)(O)O)ccc2[nH]1. The summed E-state index contributed by atoms with van der Waals surface area (Å²) in [5.41, 5.74) is -1.84. The number of aromatic amines is 1. The lowest BCUT2D eigenvalue weighted by Crippen LogP contribution is -2.32. The highest BCUT2D eigenvalue weighted by atomic mass is 31.2. The maximum atomic E-state index is 13.6. The molecule has 1 aliphatic heterocycles. The number of carbonyl (C=O) groups is 4. The van der Waals surface area contributed by atoms with Crippen LogP contribution in [0.15, 0.2) is 84.9 Å². The van der Waals surface area contributed by atoms with Gasteiger partial charge in [-0.1, -0.05) is 61.5 Å². The van der Waals surface area contributed by atoms with Crippen LogP contribution in [0.25, 0.3) is 10.9 Å². The van der Waals surface area contributed by atoms with E-state index in [0.29, 0.717) is 25.0 Å². The standard InChI is InChI=1S/C11H11F2N2O4P.C10H18N2O2.C8H11N.C8H10.CH2O/c1-14-10(16)9-5-6-4-7(2-3-8(6)15-9)11(12,13)20(17,18)19;1-2-11(9-13)8-5-10(14)12-6-3-4-7-12;1-9(2)8-6-4-3-5-7-8;1-2-8-6-4-3-5-7-8;1-2/h2-5,15H,1H3,(H,14,16)(H2,17,18,19);9H,2-8H2,1H3;3-7H,1-2H3;3-7H,2H2,1H3;1H2. The number of hydrogen-bond donors (Lipinski definition) is 4. The summed E-state index contributed by atoms with van der Waals surface area (Å²) >= 11 is 0. The van der Waals surface area contributed by atoms with Crippen molar-refractivity contribution < 1.29 is 42.3 Å².